The minimum absolute atomic E-state index is 0.0303. The highest BCUT2D eigenvalue weighted by atomic mass is 32.2. The van der Waals surface area contributed by atoms with Crippen LogP contribution in [0.3, 0.4) is 0 Å². The molecular formula is C15H22N2O3S. The summed E-state index contributed by atoms with van der Waals surface area (Å²) in [5.41, 5.74) is 0.445. The molecule has 0 fully saturated rings. The van der Waals surface area contributed by atoms with Gasteiger partial charge in [0, 0.05) is 25.7 Å². The van der Waals surface area contributed by atoms with E-state index in [0.29, 0.717) is 25.1 Å². The first-order valence-electron chi connectivity index (χ1n) is 6.98. The molecule has 0 aromatic heterocycles. The number of benzene rings is 1. The highest BCUT2D eigenvalue weighted by Crippen LogP contribution is 2.13. The summed E-state index contributed by atoms with van der Waals surface area (Å²) < 4.78 is 24.5. The van der Waals surface area contributed by atoms with Crippen LogP contribution in [-0.2, 0) is 9.84 Å². The number of aliphatic hydroxyl groups excluding tert-OH is 1. The van der Waals surface area contributed by atoms with Gasteiger partial charge in [0.25, 0.3) is 0 Å². The van der Waals surface area contributed by atoms with E-state index in [4.69, 9.17) is 10.4 Å². The minimum Gasteiger partial charge on any atom is -0.396 e. The Balaban J connectivity index is 2.72. The molecule has 0 radical (unpaired) electrons. The van der Waals surface area contributed by atoms with E-state index >= 15 is 0 Å². The van der Waals surface area contributed by atoms with Crippen molar-refractivity contribution in [2.24, 2.45) is 0 Å². The van der Waals surface area contributed by atoms with Gasteiger partial charge in [-0.15, -0.1) is 0 Å². The van der Waals surface area contributed by atoms with Crippen LogP contribution < -0.4 is 0 Å². The summed E-state index contributed by atoms with van der Waals surface area (Å²) in [6.45, 7) is 5.22. The zero-order valence-corrected chi connectivity index (χ0v) is 13.3. The summed E-state index contributed by atoms with van der Waals surface area (Å²) in [7, 11) is -3.35. The fourth-order valence-electron chi connectivity index (χ4n) is 1.99. The van der Waals surface area contributed by atoms with E-state index in [0.717, 1.165) is 0 Å². The van der Waals surface area contributed by atoms with Gasteiger partial charge in [-0.2, -0.15) is 5.26 Å². The average Bonchev–Trinajstić information content (AvgIpc) is 2.47. The van der Waals surface area contributed by atoms with Crippen LogP contribution in [0.25, 0.3) is 0 Å². The predicted molar refractivity (Wildman–Crippen MR) is 81.6 cm³/mol. The number of hydrogen-bond donors (Lipinski definition) is 1. The minimum atomic E-state index is -3.35. The Bertz CT molecular complexity index is 574. The maximum absolute atomic E-state index is 12.3. The van der Waals surface area contributed by atoms with E-state index < -0.39 is 9.84 Å². The lowest BCUT2D eigenvalue weighted by atomic mass is 10.2. The molecule has 0 amide bonds. The van der Waals surface area contributed by atoms with Gasteiger partial charge in [-0.3, -0.25) is 4.90 Å². The van der Waals surface area contributed by atoms with Gasteiger partial charge < -0.3 is 5.11 Å². The molecule has 116 valence electrons. The van der Waals surface area contributed by atoms with Crippen molar-refractivity contribution in [3.05, 3.63) is 29.8 Å². The molecule has 0 atom stereocenters. The summed E-state index contributed by atoms with van der Waals surface area (Å²) >= 11 is 0. The van der Waals surface area contributed by atoms with E-state index in [9.17, 15) is 8.42 Å². The molecule has 0 heterocycles. The Hall–Kier alpha value is -1.42. The Kier molecular flexibility index (Phi) is 6.82. The number of sulfone groups is 1. The number of hydrogen-bond acceptors (Lipinski definition) is 5. The first-order valence-corrected chi connectivity index (χ1v) is 8.63. The first kappa shape index (κ1) is 17.6. The summed E-state index contributed by atoms with van der Waals surface area (Å²) in [5, 5.41) is 17.6. The van der Waals surface area contributed by atoms with E-state index in [1.807, 2.05) is 24.8 Å². The second-order valence-electron chi connectivity index (χ2n) is 5.16. The fraction of sp³-hybridized carbons (Fsp3) is 0.533. The lowest BCUT2D eigenvalue weighted by molar-refractivity contribution is 0.200. The maximum Gasteiger partial charge on any atom is 0.179 e. The smallest absolute Gasteiger partial charge is 0.179 e. The average molecular weight is 310 g/mol. The van der Waals surface area contributed by atoms with Gasteiger partial charge in [0.05, 0.1) is 22.3 Å². The Labute approximate surface area is 126 Å². The third kappa shape index (κ3) is 5.46. The van der Waals surface area contributed by atoms with Crippen LogP contribution in [0.4, 0.5) is 0 Å². The van der Waals surface area contributed by atoms with Crippen molar-refractivity contribution in [1.29, 1.82) is 5.26 Å². The summed E-state index contributed by atoms with van der Waals surface area (Å²) in [4.78, 5) is 2.28. The van der Waals surface area contributed by atoms with Crippen LogP contribution in [0.5, 0.6) is 0 Å². The number of nitrogens with zero attached hydrogens (tertiary/aromatic N) is 2. The van der Waals surface area contributed by atoms with Crippen molar-refractivity contribution < 1.29 is 13.5 Å². The molecule has 0 saturated carbocycles. The third-order valence-corrected chi connectivity index (χ3v) is 5.03. The molecule has 0 spiro atoms. The molecule has 0 bridgehead atoms. The second kappa shape index (κ2) is 8.13. The van der Waals surface area contributed by atoms with E-state index in [2.05, 4.69) is 0 Å². The summed E-state index contributed by atoms with van der Waals surface area (Å²) in [5.74, 6) is 0.0303. The maximum atomic E-state index is 12.3. The van der Waals surface area contributed by atoms with Gasteiger partial charge >= 0.3 is 0 Å². The monoisotopic (exact) mass is 310 g/mol. The van der Waals surface area contributed by atoms with Gasteiger partial charge in [0.2, 0.25) is 0 Å². The molecule has 1 rings (SSSR count). The molecule has 1 N–H and O–H groups in total. The van der Waals surface area contributed by atoms with Crippen LogP contribution in [0, 0.1) is 11.3 Å². The van der Waals surface area contributed by atoms with E-state index in [-0.39, 0.29) is 23.3 Å². The molecule has 5 nitrogen and oxygen atoms in total. The highest BCUT2D eigenvalue weighted by Gasteiger charge is 2.17. The van der Waals surface area contributed by atoms with Crippen molar-refractivity contribution >= 4 is 9.84 Å². The molecule has 0 saturated heterocycles. The van der Waals surface area contributed by atoms with E-state index in [1.54, 1.807) is 0 Å². The lowest BCUT2D eigenvalue weighted by Crippen LogP contribution is -2.36. The van der Waals surface area contributed by atoms with Gasteiger partial charge in [-0.05, 0) is 44.5 Å². The number of rotatable bonds is 8. The Morgan fingerprint density at radius 3 is 2.33 bits per heavy atom. The highest BCUT2D eigenvalue weighted by molar-refractivity contribution is 7.91. The lowest BCUT2D eigenvalue weighted by Gasteiger charge is -2.25. The fourth-order valence-corrected chi connectivity index (χ4v) is 3.26. The van der Waals surface area contributed by atoms with Gasteiger partial charge in [0.15, 0.2) is 9.84 Å². The zero-order chi connectivity index (χ0) is 15.9. The molecule has 0 aliphatic heterocycles. The Morgan fingerprint density at radius 2 is 1.86 bits per heavy atom. The van der Waals surface area contributed by atoms with Gasteiger partial charge in [0.1, 0.15) is 0 Å². The molecule has 21 heavy (non-hydrogen) atoms. The summed E-state index contributed by atoms with van der Waals surface area (Å²) in [6.07, 6.45) is 0.634. The molecule has 0 unspecified atom stereocenters. The Morgan fingerprint density at radius 1 is 1.24 bits per heavy atom. The molecule has 0 aliphatic rings. The third-order valence-electron chi connectivity index (χ3n) is 3.32. The van der Waals surface area contributed by atoms with Crippen molar-refractivity contribution in [2.45, 2.75) is 31.2 Å². The zero-order valence-electron chi connectivity index (χ0n) is 12.5. The van der Waals surface area contributed by atoms with Gasteiger partial charge in [-0.25, -0.2) is 8.42 Å². The van der Waals surface area contributed by atoms with E-state index in [1.165, 1.54) is 24.3 Å². The van der Waals surface area contributed by atoms with Crippen LogP contribution in [-0.4, -0.2) is 49.9 Å². The second-order valence-corrected chi connectivity index (χ2v) is 7.27. The molecule has 1 aromatic rings. The normalized spacial score (nSPS) is 11.8. The summed E-state index contributed by atoms with van der Waals surface area (Å²) in [6, 6.07) is 8.17. The van der Waals surface area contributed by atoms with Crippen LogP contribution in [0.15, 0.2) is 29.2 Å². The molecular weight excluding hydrogens is 288 g/mol. The molecule has 0 aliphatic carbocycles. The van der Waals surface area contributed by atoms with Gasteiger partial charge in [-0.1, -0.05) is 0 Å². The van der Waals surface area contributed by atoms with Crippen molar-refractivity contribution in [3.8, 4) is 6.07 Å². The van der Waals surface area contributed by atoms with Crippen molar-refractivity contribution in [1.82, 2.24) is 4.90 Å². The van der Waals surface area contributed by atoms with Crippen molar-refractivity contribution in [3.63, 3.8) is 0 Å². The van der Waals surface area contributed by atoms with Crippen LogP contribution in [0.2, 0.25) is 0 Å². The predicted octanol–water partition coefficient (Wildman–Crippen LogP) is 1.42. The molecule has 1 aromatic carbocycles. The topological polar surface area (TPSA) is 81.4 Å². The standard InChI is InChI=1S/C15H22N2O3S/c1-13(2)17(8-3-10-18)9-11-21(19,20)15-6-4-14(12-16)5-7-15/h4-7,13,18H,3,8-11H2,1-2H3. The van der Waals surface area contributed by atoms with Crippen LogP contribution in [0.1, 0.15) is 25.8 Å². The molecule has 6 heteroatoms. The van der Waals surface area contributed by atoms with Crippen molar-refractivity contribution in [2.75, 3.05) is 25.4 Å². The van der Waals surface area contributed by atoms with Crippen LogP contribution >= 0.6 is 0 Å². The largest absolute Gasteiger partial charge is 0.396 e. The quantitative estimate of drug-likeness (QED) is 0.785. The SMILES string of the molecule is CC(C)N(CCCO)CCS(=O)(=O)c1ccc(C#N)cc1. The number of aliphatic hydroxyl groups is 1. The first-order chi connectivity index (χ1) is 9.90. The number of nitriles is 1.